The summed E-state index contributed by atoms with van der Waals surface area (Å²) in [5.41, 5.74) is 1.79. The average Bonchev–Trinajstić information content (AvgIpc) is 3.06. The Balaban J connectivity index is 1.95. The van der Waals surface area contributed by atoms with Crippen LogP contribution in [0.3, 0.4) is 0 Å². The van der Waals surface area contributed by atoms with Crippen LogP contribution in [-0.2, 0) is 14.3 Å². The Labute approximate surface area is 176 Å². The summed E-state index contributed by atoms with van der Waals surface area (Å²) in [4.78, 5) is 14.4. The molecule has 4 atom stereocenters. The summed E-state index contributed by atoms with van der Waals surface area (Å²) >= 11 is 0. The molecule has 1 saturated heterocycles. The van der Waals surface area contributed by atoms with Gasteiger partial charge in [-0.25, -0.2) is 0 Å². The minimum atomic E-state index is -0.438. The number of aliphatic hydroxyl groups excluding tert-OH is 1. The van der Waals surface area contributed by atoms with Crippen LogP contribution in [0.1, 0.15) is 84.8 Å². The van der Waals surface area contributed by atoms with Gasteiger partial charge in [-0.2, -0.15) is 0 Å². The van der Waals surface area contributed by atoms with Gasteiger partial charge < -0.3 is 19.5 Å². The molecule has 1 aromatic rings. The summed E-state index contributed by atoms with van der Waals surface area (Å²) < 4.78 is 11.8. The molecule has 164 valence electrons. The van der Waals surface area contributed by atoms with E-state index in [1.54, 1.807) is 0 Å². The minimum Gasteiger partial charge on any atom is -0.388 e. The Morgan fingerprint density at radius 2 is 1.79 bits per heavy atom. The van der Waals surface area contributed by atoms with Gasteiger partial charge in [-0.05, 0) is 58.2 Å². The lowest BCUT2D eigenvalue weighted by atomic mass is 10.0. The summed E-state index contributed by atoms with van der Waals surface area (Å²) in [6.45, 7) is 10.7. The first-order valence-electron chi connectivity index (χ1n) is 11.2. The van der Waals surface area contributed by atoms with Crippen LogP contribution in [0.25, 0.3) is 0 Å². The molecule has 2 unspecified atom stereocenters. The van der Waals surface area contributed by atoms with Crippen molar-refractivity contribution in [2.75, 3.05) is 11.5 Å². The van der Waals surface area contributed by atoms with Crippen LogP contribution in [0.15, 0.2) is 24.3 Å². The third-order valence-electron chi connectivity index (χ3n) is 5.66. The monoisotopic (exact) mass is 405 g/mol. The van der Waals surface area contributed by atoms with Crippen molar-refractivity contribution < 1.29 is 19.4 Å². The van der Waals surface area contributed by atoms with Crippen molar-refractivity contribution in [3.05, 3.63) is 29.8 Å². The van der Waals surface area contributed by atoms with Crippen molar-refractivity contribution >= 4 is 11.6 Å². The Morgan fingerprint density at radius 1 is 1.10 bits per heavy atom. The minimum absolute atomic E-state index is 0.00836. The van der Waals surface area contributed by atoms with E-state index in [0.717, 1.165) is 43.4 Å². The molecule has 0 radical (unpaired) electrons. The molecule has 1 aliphatic rings. The summed E-state index contributed by atoms with van der Waals surface area (Å²) in [5.74, 6) is 0.133. The number of hydrogen-bond donors (Lipinski definition) is 1. The molecule has 1 heterocycles. The van der Waals surface area contributed by atoms with Crippen LogP contribution >= 0.6 is 0 Å². The lowest BCUT2D eigenvalue weighted by molar-refractivity contribution is -0.117. The zero-order chi connectivity index (χ0) is 21.4. The van der Waals surface area contributed by atoms with Crippen molar-refractivity contribution in [2.45, 2.75) is 104 Å². The number of rotatable bonds is 12. The maximum atomic E-state index is 12.5. The number of benzene rings is 1. The number of carbonyl (C=O) groups excluding carboxylic acids is 1. The first-order valence-corrected chi connectivity index (χ1v) is 11.2. The molecule has 0 saturated carbocycles. The summed E-state index contributed by atoms with van der Waals surface area (Å²) in [6.07, 6.45) is 5.13. The van der Waals surface area contributed by atoms with E-state index in [2.05, 4.69) is 6.92 Å². The fourth-order valence-electron chi connectivity index (χ4n) is 3.81. The number of nitrogens with zero attached hydrogens (tertiary/aromatic N) is 1. The number of ether oxygens (including phenoxy) is 2. The predicted molar refractivity (Wildman–Crippen MR) is 117 cm³/mol. The zero-order valence-corrected chi connectivity index (χ0v) is 18.8. The van der Waals surface area contributed by atoms with Gasteiger partial charge in [0.15, 0.2) is 0 Å². The van der Waals surface area contributed by atoms with Crippen molar-refractivity contribution in [3.63, 3.8) is 0 Å². The molecule has 1 aliphatic heterocycles. The predicted octanol–water partition coefficient (Wildman–Crippen LogP) is 5.01. The number of carbonyl (C=O) groups is 1. The first-order chi connectivity index (χ1) is 13.8. The maximum Gasteiger partial charge on any atom is 0.227 e. The summed E-state index contributed by atoms with van der Waals surface area (Å²) in [6, 6.07) is 7.81. The maximum absolute atomic E-state index is 12.5. The highest BCUT2D eigenvalue weighted by molar-refractivity contribution is 5.96. The van der Waals surface area contributed by atoms with Crippen molar-refractivity contribution in [1.82, 2.24) is 0 Å². The molecule has 1 fully saturated rings. The van der Waals surface area contributed by atoms with Gasteiger partial charge in [0.1, 0.15) is 0 Å². The van der Waals surface area contributed by atoms with E-state index in [1.165, 1.54) is 0 Å². The van der Waals surface area contributed by atoms with Gasteiger partial charge in [0.2, 0.25) is 5.91 Å². The van der Waals surface area contributed by atoms with E-state index in [4.69, 9.17) is 9.47 Å². The molecule has 1 N–H and O–H groups in total. The third kappa shape index (κ3) is 7.09. The smallest absolute Gasteiger partial charge is 0.227 e. The molecule has 0 spiro atoms. The van der Waals surface area contributed by atoms with Gasteiger partial charge in [0, 0.05) is 12.1 Å². The zero-order valence-electron chi connectivity index (χ0n) is 18.8. The second-order valence-electron chi connectivity index (χ2n) is 8.49. The summed E-state index contributed by atoms with van der Waals surface area (Å²) in [5, 5.41) is 10.4. The Kier molecular flexibility index (Phi) is 9.60. The highest BCUT2D eigenvalue weighted by Crippen LogP contribution is 2.29. The van der Waals surface area contributed by atoms with Crippen molar-refractivity contribution in [2.24, 2.45) is 0 Å². The normalized spacial score (nSPS) is 20.3. The molecule has 5 heteroatoms. The van der Waals surface area contributed by atoms with Crippen LogP contribution in [0.4, 0.5) is 5.69 Å². The van der Waals surface area contributed by atoms with Gasteiger partial charge >= 0.3 is 0 Å². The summed E-state index contributed by atoms with van der Waals surface area (Å²) in [7, 11) is 0. The lowest BCUT2D eigenvalue weighted by Crippen LogP contribution is -2.38. The molecule has 2 rings (SSSR count). The van der Waals surface area contributed by atoms with E-state index in [1.807, 2.05) is 56.9 Å². The average molecular weight is 406 g/mol. The molecule has 29 heavy (non-hydrogen) atoms. The van der Waals surface area contributed by atoms with E-state index in [9.17, 15) is 9.90 Å². The SMILES string of the molecule is CCCCC[C@H](O)c1ccc(N2C(=O)CCC2COC(C)[C@@H](C)OC(C)C)cc1. The number of hydrogen-bond acceptors (Lipinski definition) is 4. The molecule has 0 aliphatic carbocycles. The van der Waals surface area contributed by atoms with Gasteiger partial charge in [0.25, 0.3) is 0 Å². The molecule has 1 aromatic carbocycles. The Hall–Kier alpha value is -1.43. The number of anilines is 1. The Bertz CT molecular complexity index is 616. The molecular formula is C24H39NO4. The molecule has 0 aromatic heterocycles. The number of amides is 1. The van der Waals surface area contributed by atoms with Gasteiger partial charge in [-0.1, -0.05) is 38.3 Å². The fourth-order valence-corrected chi connectivity index (χ4v) is 3.81. The molecular weight excluding hydrogens is 366 g/mol. The third-order valence-corrected chi connectivity index (χ3v) is 5.66. The van der Waals surface area contributed by atoms with Crippen molar-refractivity contribution in [1.29, 1.82) is 0 Å². The molecule has 1 amide bonds. The number of unbranched alkanes of at least 4 members (excludes halogenated alkanes) is 2. The first kappa shape index (κ1) is 23.8. The second-order valence-corrected chi connectivity index (χ2v) is 8.49. The largest absolute Gasteiger partial charge is 0.388 e. The topological polar surface area (TPSA) is 59.0 Å². The highest BCUT2D eigenvalue weighted by atomic mass is 16.5. The fraction of sp³-hybridized carbons (Fsp3) is 0.708. The van der Waals surface area contributed by atoms with Crippen LogP contribution in [0, 0.1) is 0 Å². The molecule has 0 bridgehead atoms. The van der Waals surface area contributed by atoms with Gasteiger partial charge in [-0.15, -0.1) is 0 Å². The molecule has 5 nitrogen and oxygen atoms in total. The van der Waals surface area contributed by atoms with Gasteiger partial charge in [0.05, 0.1) is 37.1 Å². The van der Waals surface area contributed by atoms with E-state index in [0.29, 0.717) is 13.0 Å². The number of aliphatic hydroxyl groups is 1. The highest BCUT2D eigenvalue weighted by Gasteiger charge is 2.33. The van der Waals surface area contributed by atoms with E-state index < -0.39 is 6.10 Å². The van der Waals surface area contributed by atoms with Crippen LogP contribution in [0.2, 0.25) is 0 Å². The van der Waals surface area contributed by atoms with Crippen LogP contribution < -0.4 is 4.90 Å². The van der Waals surface area contributed by atoms with E-state index in [-0.39, 0.29) is 30.3 Å². The second kappa shape index (κ2) is 11.7. The quantitative estimate of drug-likeness (QED) is 0.496. The Morgan fingerprint density at radius 3 is 2.41 bits per heavy atom. The van der Waals surface area contributed by atoms with Crippen LogP contribution in [-0.4, -0.2) is 42.0 Å². The van der Waals surface area contributed by atoms with E-state index >= 15 is 0 Å². The van der Waals surface area contributed by atoms with Crippen molar-refractivity contribution in [3.8, 4) is 0 Å². The lowest BCUT2D eigenvalue weighted by Gasteiger charge is -2.28. The standard InChI is InChI=1S/C24H39NO4/c1-6-7-8-9-23(26)20-10-12-21(13-11-20)25-22(14-15-24(25)27)16-28-18(4)19(5)29-17(2)3/h10-13,17-19,22-23,26H,6-9,14-16H2,1-5H3/t18?,19-,22?,23+/m1/s1. The van der Waals surface area contributed by atoms with Crippen LogP contribution in [0.5, 0.6) is 0 Å². The van der Waals surface area contributed by atoms with Gasteiger partial charge in [-0.3, -0.25) is 4.79 Å².